The minimum Gasteiger partial charge on any atom is -0.396 e. The van der Waals surface area contributed by atoms with E-state index in [0.29, 0.717) is 6.42 Å². The lowest BCUT2D eigenvalue weighted by atomic mass is 9.88. The summed E-state index contributed by atoms with van der Waals surface area (Å²) in [6, 6.07) is 10.4. The molecule has 0 saturated heterocycles. The molecular formula is C23H33N3O2. The number of nitrogens with zero attached hydrogens (tertiary/aromatic N) is 2. The number of benzene rings is 1. The van der Waals surface area contributed by atoms with Gasteiger partial charge in [0, 0.05) is 42.4 Å². The second-order valence-corrected chi connectivity index (χ2v) is 9.05. The molecule has 5 nitrogen and oxygen atoms in total. The van der Waals surface area contributed by atoms with Gasteiger partial charge in [0.2, 0.25) is 0 Å². The highest BCUT2D eigenvalue weighted by Crippen LogP contribution is 2.35. The van der Waals surface area contributed by atoms with Crippen molar-refractivity contribution in [3.63, 3.8) is 0 Å². The summed E-state index contributed by atoms with van der Waals surface area (Å²) in [4.78, 5) is 9.18. The summed E-state index contributed by atoms with van der Waals surface area (Å²) in [5.41, 5.74) is 3.39. The number of hydrogen-bond donors (Lipinski definition) is 3. The highest BCUT2D eigenvalue weighted by atomic mass is 16.3. The van der Waals surface area contributed by atoms with Gasteiger partial charge in [-0.1, -0.05) is 45.0 Å². The van der Waals surface area contributed by atoms with E-state index in [4.69, 9.17) is 4.98 Å². The molecule has 0 aliphatic heterocycles. The summed E-state index contributed by atoms with van der Waals surface area (Å²) >= 11 is 0. The van der Waals surface area contributed by atoms with Crippen LogP contribution in [0.3, 0.4) is 0 Å². The fraction of sp³-hybridized carbons (Fsp3) is 0.565. The maximum atomic E-state index is 10.5. The van der Waals surface area contributed by atoms with Gasteiger partial charge in [-0.15, -0.1) is 0 Å². The van der Waals surface area contributed by atoms with E-state index >= 15 is 0 Å². The number of nitrogens with one attached hydrogen (secondary N) is 1. The summed E-state index contributed by atoms with van der Waals surface area (Å²) in [7, 11) is 0. The van der Waals surface area contributed by atoms with Gasteiger partial charge in [-0.25, -0.2) is 9.97 Å². The van der Waals surface area contributed by atoms with Crippen molar-refractivity contribution in [3.05, 3.63) is 59.2 Å². The summed E-state index contributed by atoms with van der Waals surface area (Å²) in [5, 5.41) is 24.0. The van der Waals surface area contributed by atoms with Gasteiger partial charge in [-0.3, -0.25) is 0 Å². The van der Waals surface area contributed by atoms with E-state index in [2.05, 4.69) is 56.2 Å². The molecule has 4 unspecified atom stereocenters. The van der Waals surface area contributed by atoms with Crippen molar-refractivity contribution < 1.29 is 10.2 Å². The van der Waals surface area contributed by atoms with Crippen LogP contribution < -0.4 is 5.32 Å². The molecule has 1 heterocycles. The molecule has 1 aliphatic carbocycles. The molecule has 1 aliphatic rings. The zero-order valence-electron chi connectivity index (χ0n) is 17.4. The largest absolute Gasteiger partial charge is 0.396 e. The van der Waals surface area contributed by atoms with Gasteiger partial charge in [-0.2, -0.15) is 0 Å². The molecule has 2 aromatic rings. The third-order valence-electron chi connectivity index (χ3n) is 5.91. The van der Waals surface area contributed by atoms with E-state index < -0.39 is 6.10 Å². The Bertz CT molecular complexity index is 787. The normalized spacial score (nSPS) is 25.2. The summed E-state index contributed by atoms with van der Waals surface area (Å²) in [6.07, 6.45) is 2.70. The molecule has 0 amide bonds. The van der Waals surface area contributed by atoms with Crippen LogP contribution in [0.15, 0.2) is 36.5 Å². The van der Waals surface area contributed by atoms with Gasteiger partial charge in [0.1, 0.15) is 5.82 Å². The van der Waals surface area contributed by atoms with Crippen LogP contribution in [0.4, 0.5) is 0 Å². The number of aryl methyl sites for hydroxylation is 1. The van der Waals surface area contributed by atoms with Crippen molar-refractivity contribution in [1.82, 2.24) is 15.3 Å². The first-order chi connectivity index (χ1) is 13.3. The van der Waals surface area contributed by atoms with Crippen molar-refractivity contribution in [2.45, 2.75) is 64.6 Å². The van der Waals surface area contributed by atoms with Gasteiger partial charge in [0.05, 0.1) is 6.10 Å². The molecule has 28 heavy (non-hydrogen) atoms. The predicted octanol–water partition coefficient (Wildman–Crippen LogP) is 2.77. The van der Waals surface area contributed by atoms with E-state index in [-0.39, 0.29) is 29.9 Å². The van der Waals surface area contributed by atoms with Crippen LogP contribution in [-0.2, 0) is 18.4 Å². The van der Waals surface area contributed by atoms with Gasteiger partial charge in [0.15, 0.2) is 0 Å². The molecule has 1 saturated carbocycles. The third kappa shape index (κ3) is 4.77. The fourth-order valence-corrected chi connectivity index (χ4v) is 4.14. The molecule has 152 valence electrons. The first-order valence-corrected chi connectivity index (χ1v) is 10.2. The number of aliphatic hydroxyl groups excluding tert-OH is 2. The smallest absolute Gasteiger partial charge is 0.133 e. The van der Waals surface area contributed by atoms with Crippen molar-refractivity contribution in [2.75, 3.05) is 6.61 Å². The van der Waals surface area contributed by atoms with Crippen molar-refractivity contribution >= 4 is 0 Å². The standard InChI is InChI=1S/C23H33N3O2/c1-15-7-5-6-8-16(15)13-25-20-12-21(28)19(14-27)18(20)11-17-9-10-24-22(26-17)23(2,3)4/h5-10,18-21,25,27-28H,11-14H2,1-4H3. The van der Waals surface area contributed by atoms with Crippen LogP contribution in [0.1, 0.15) is 49.8 Å². The molecule has 0 radical (unpaired) electrons. The highest BCUT2D eigenvalue weighted by molar-refractivity contribution is 5.25. The van der Waals surface area contributed by atoms with Crippen LogP contribution in [0.25, 0.3) is 0 Å². The van der Waals surface area contributed by atoms with Gasteiger partial charge in [0.25, 0.3) is 0 Å². The summed E-state index contributed by atoms with van der Waals surface area (Å²) < 4.78 is 0. The zero-order chi connectivity index (χ0) is 20.3. The maximum Gasteiger partial charge on any atom is 0.133 e. The first-order valence-electron chi connectivity index (χ1n) is 10.2. The third-order valence-corrected chi connectivity index (χ3v) is 5.91. The second-order valence-electron chi connectivity index (χ2n) is 9.05. The minimum absolute atomic E-state index is 0.00834. The quantitative estimate of drug-likeness (QED) is 0.715. The second kappa shape index (κ2) is 8.68. The van der Waals surface area contributed by atoms with E-state index in [1.165, 1.54) is 11.1 Å². The Morgan fingerprint density at radius 3 is 2.57 bits per heavy atom. The van der Waals surface area contributed by atoms with Crippen LogP contribution >= 0.6 is 0 Å². The van der Waals surface area contributed by atoms with Crippen LogP contribution in [0.2, 0.25) is 0 Å². The van der Waals surface area contributed by atoms with Crippen LogP contribution in [0, 0.1) is 18.8 Å². The number of rotatable bonds is 6. The van der Waals surface area contributed by atoms with Gasteiger partial charge < -0.3 is 15.5 Å². The topological polar surface area (TPSA) is 78.3 Å². The Balaban J connectivity index is 1.76. The molecule has 1 fully saturated rings. The molecule has 3 rings (SSSR count). The predicted molar refractivity (Wildman–Crippen MR) is 111 cm³/mol. The molecule has 1 aromatic carbocycles. The maximum absolute atomic E-state index is 10.5. The van der Waals surface area contributed by atoms with E-state index in [0.717, 1.165) is 24.5 Å². The molecule has 4 atom stereocenters. The molecule has 3 N–H and O–H groups in total. The molecule has 5 heteroatoms. The number of hydrogen-bond acceptors (Lipinski definition) is 5. The lowest BCUT2D eigenvalue weighted by molar-refractivity contribution is 0.0715. The lowest BCUT2D eigenvalue weighted by Crippen LogP contribution is -2.36. The molecule has 0 bridgehead atoms. The Labute approximate surface area is 168 Å². The van der Waals surface area contributed by atoms with E-state index in [1.54, 1.807) is 0 Å². The van der Waals surface area contributed by atoms with Crippen LogP contribution in [0.5, 0.6) is 0 Å². The van der Waals surface area contributed by atoms with E-state index in [1.807, 2.05) is 18.3 Å². The lowest BCUT2D eigenvalue weighted by Gasteiger charge is -2.26. The Kier molecular flexibility index (Phi) is 6.48. The average Bonchev–Trinajstić information content (AvgIpc) is 2.95. The highest BCUT2D eigenvalue weighted by Gasteiger charge is 2.42. The summed E-state index contributed by atoms with van der Waals surface area (Å²) in [6.45, 7) is 9.18. The Hall–Kier alpha value is -1.82. The zero-order valence-corrected chi connectivity index (χ0v) is 17.4. The fourth-order valence-electron chi connectivity index (χ4n) is 4.14. The molecular weight excluding hydrogens is 350 g/mol. The van der Waals surface area contributed by atoms with Gasteiger partial charge >= 0.3 is 0 Å². The first kappa shape index (κ1) is 20.9. The number of aliphatic hydroxyl groups is 2. The minimum atomic E-state index is -0.492. The molecule has 1 aromatic heterocycles. The van der Waals surface area contributed by atoms with E-state index in [9.17, 15) is 10.2 Å². The van der Waals surface area contributed by atoms with Gasteiger partial charge in [-0.05, 0) is 42.9 Å². The molecule has 0 spiro atoms. The monoisotopic (exact) mass is 383 g/mol. The summed E-state index contributed by atoms with van der Waals surface area (Å²) in [5.74, 6) is 0.822. The van der Waals surface area contributed by atoms with Crippen molar-refractivity contribution in [2.24, 2.45) is 11.8 Å². The Morgan fingerprint density at radius 2 is 1.89 bits per heavy atom. The Morgan fingerprint density at radius 1 is 1.14 bits per heavy atom. The van der Waals surface area contributed by atoms with Crippen LogP contribution in [-0.4, -0.2) is 38.9 Å². The van der Waals surface area contributed by atoms with Crippen molar-refractivity contribution in [1.29, 1.82) is 0 Å². The SMILES string of the molecule is Cc1ccccc1CNC1CC(O)C(CO)C1Cc1ccnc(C(C)(C)C)n1. The average molecular weight is 384 g/mol. The number of aromatic nitrogens is 2. The van der Waals surface area contributed by atoms with Crippen molar-refractivity contribution in [3.8, 4) is 0 Å².